The summed E-state index contributed by atoms with van der Waals surface area (Å²) >= 11 is 0. The molecule has 0 unspecified atom stereocenters. The van der Waals surface area contributed by atoms with Gasteiger partial charge in [-0.3, -0.25) is 14.6 Å². The highest BCUT2D eigenvalue weighted by Crippen LogP contribution is 2.22. The Labute approximate surface area is 165 Å². The van der Waals surface area contributed by atoms with Crippen molar-refractivity contribution in [1.29, 1.82) is 0 Å². The second kappa shape index (κ2) is 9.66. The number of carbonyl (C=O) groups excluding carboxylic acids is 1. The second-order valence-corrected chi connectivity index (χ2v) is 6.97. The first-order chi connectivity index (χ1) is 13.6. The fourth-order valence-corrected chi connectivity index (χ4v) is 3.45. The van der Waals surface area contributed by atoms with Crippen LogP contribution < -0.4 is 9.47 Å². The monoisotopic (exact) mass is 386 g/mol. The summed E-state index contributed by atoms with van der Waals surface area (Å²) in [6.45, 7) is 7.25. The van der Waals surface area contributed by atoms with Gasteiger partial charge in [-0.15, -0.1) is 0 Å². The lowest BCUT2D eigenvalue weighted by Crippen LogP contribution is -2.47. The maximum absolute atomic E-state index is 13.5. The molecule has 0 bridgehead atoms. The molecule has 28 heavy (non-hydrogen) atoms. The van der Waals surface area contributed by atoms with Crippen molar-refractivity contribution < 1.29 is 18.7 Å². The number of rotatable bonds is 8. The summed E-state index contributed by atoms with van der Waals surface area (Å²) in [6.07, 6.45) is 0. The second-order valence-electron chi connectivity index (χ2n) is 6.97. The number of piperazine rings is 1. The molecule has 1 saturated heterocycles. The van der Waals surface area contributed by atoms with Gasteiger partial charge in [0, 0.05) is 44.8 Å². The number of Topliss-reactive ketones (excluding diaryl/α,β-unsaturated/α-hetero) is 1. The first-order valence-corrected chi connectivity index (χ1v) is 9.56. The van der Waals surface area contributed by atoms with E-state index in [-0.39, 0.29) is 11.6 Å². The average Bonchev–Trinajstić information content (AvgIpc) is 2.70. The maximum Gasteiger partial charge on any atom is 0.163 e. The highest BCUT2D eigenvalue weighted by molar-refractivity contribution is 5.96. The third-order valence-corrected chi connectivity index (χ3v) is 5.03. The molecule has 0 radical (unpaired) electrons. The van der Waals surface area contributed by atoms with Gasteiger partial charge in [0.2, 0.25) is 0 Å². The maximum atomic E-state index is 13.5. The van der Waals surface area contributed by atoms with E-state index in [9.17, 15) is 9.18 Å². The van der Waals surface area contributed by atoms with Crippen LogP contribution >= 0.6 is 0 Å². The zero-order valence-corrected chi connectivity index (χ0v) is 16.5. The fraction of sp³-hybridized carbons (Fsp3) is 0.409. The predicted molar refractivity (Wildman–Crippen MR) is 107 cm³/mol. The minimum Gasteiger partial charge on any atom is -0.496 e. The van der Waals surface area contributed by atoms with Gasteiger partial charge in [0.05, 0.1) is 12.7 Å². The minimum atomic E-state index is -0.238. The van der Waals surface area contributed by atoms with Gasteiger partial charge in [0.25, 0.3) is 0 Å². The number of ketones is 1. The Hall–Kier alpha value is -2.44. The fourth-order valence-electron chi connectivity index (χ4n) is 3.45. The Morgan fingerprint density at radius 3 is 2.46 bits per heavy atom. The van der Waals surface area contributed by atoms with Crippen LogP contribution in [-0.4, -0.2) is 62.0 Å². The van der Waals surface area contributed by atoms with Gasteiger partial charge in [-0.05, 0) is 37.3 Å². The van der Waals surface area contributed by atoms with E-state index in [4.69, 9.17) is 9.47 Å². The number of hydrogen-bond donors (Lipinski definition) is 0. The highest BCUT2D eigenvalue weighted by atomic mass is 19.1. The van der Waals surface area contributed by atoms with Gasteiger partial charge >= 0.3 is 0 Å². The van der Waals surface area contributed by atoms with E-state index in [1.807, 2.05) is 18.2 Å². The zero-order chi connectivity index (χ0) is 19.9. The van der Waals surface area contributed by atoms with Gasteiger partial charge < -0.3 is 9.47 Å². The third kappa shape index (κ3) is 5.30. The molecule has 0 amide bonds. The van der Waals surface area contributed by atoms with Crippen molar-refractivity contribution in [3.05, 3.63) is 59.4 Å². The summed E-state index contributed by atoms with van der Waals surface area (Å²) in [5, 5.41) is 0. The molecule has 1 aliphatic heterocycles. The van der Waals surface area contributed by atoms with Gasteiger partial charge in [0.15, 0.2) is 5.78 Å². The van der Waals surface area contributed by atoms with Crippen LogP contribution in [0.25, 0.3) is 0 Å². The number of ether oxygens (including phenoxy) is 2. The quantitative estimate of drug-likeness (QED) is 0.652. The topological polar surface area (TPSA) is 42.0 Å². The molecule has 1 heterocycles. The summed E-state index contributed by atoms with van der Waals surface area (Å²) in [6, 6.07) is 12.0. The molecule has 2 aromatic carbocycles. The molecule has 0 saturated carbocycles. The number of para-hydroxylation sites is 1. The molecule has 3 rings (SSSR count). The lowest BCUT2D eigenvalue weighted by Gasteiger charge is -2.34. The summed E-state index contributed by atoms with van der Waals surface area (Å²) in [4.78, 5) is 16.3. The van der Waals surface area contributed by atoms with Gasteiger partial charge in [-0.25, -0.2) is 4.39 Å². The number of benzene rings is 2. The lowest BCUT2D eigenvalue weighted by atomic mass is 10.1. The Morgan fingerprint density at radius 2 is 1.75 bits per heavy atom. The first kappa shape index (κ1) is 20.3. The van der Waals surface area contributed by atoms with E-state index in [2.05, 4.69) is 9.80 Å². The van der Waals surface area contributed by atoms with Gasteiger partial charge in [0.1, 0.15) is 23.9 Å². The third-order valence-electron chi connectivity index (χ3n) is 5.03. The number of hydrogen-bond acceptors (Lipinski definition) is 5. The van der Waals surface area contributed by atoms with Crippen LogP contribution in [0.2, 0.25) is 0 Å². The van der Waals surface area contributed by atoms with E-state index < -0.39 is 0 Å². The van der Waals surface area contributed by atoms with Crippen molar-refractivity contribution in [1.82, 2.24) is 9.80 Å². The summed E-state index contributed by atoms with van der Waals surface area (Å²) < 4.78 is 24.7. The van der Waals surface area contributed by atoms with Crippen LogP contribution in [-0.2, 0) is 6.54 Å². The lowest BCUT2D eigenvalue weighted by molar-refractivity contribution is 0.100. The molecule has 0 atom stereocenters. The minimum absolute atomic E-state index is 0.0111. The van der Waals surface area contributed by atoms with Crippen LogP contribution in [0.15, 0.2) is 42.5 Å². The van der Waals surface area contributed by atoms with Crippen molar-refractivity contribution in [3.63, 3.8) is 0 Å². The zero-order valence-electron chi connectivity index (χ0n) is 16.5. The van der Waals surface area contributed by atoms with E-state index >= 15 is 0 Å². The van der Waals surface area contributed by atoms with Crippen LogP contribution in [0.4, 0.5) is 4.39 Å². The number of methoxy groups -OCH3 is 1. The normalized spacial score (nSPS) is 15.4. The molecule has 0 spiro atoms. The van der Waals surface area contributed by atoms with Crippen molar-refractivity contribution in [3.8, 4) is 11.5 Å². The molecule has 5 nitrogen and oxygen atoms in total. The summed E-state index contributed by atoms with van der Waals surface area (Å²) in [5.41, 5.74) is 1.50. The molecular formula is C22H27FN2O3. The van der Waals surface area contributed by atoms with Gasteiger partial charge in [-0.2, -0.15) is 0 Å². The van der Waals surface area contributed by atoms with E-state index in [0.29, 0.717) is 24.5 Å². The molecule has 0 aromatic heterocycles. The van der Waals surface area contributed by atoms with Crippen LogP contribution in [0, 0.1) is 5.82 Å². The largest absolute Gasteiger partial charge is 0.496 e. The van der Waals surface area contributed by atoms with Crippen LogP contribution in [0.1, 0.15) is 22.8 Å². The van der Waals surface area contributed by atoms with Gasteiger partial charge in [-0.1, -0.05) is 12.1 Å². The molecule has 150 valence electrons. The Bertz CT molecular complexity index is 804. The van der Waals surface area contributed by atoms with Crippen LogP contribution in [0.5, 0.6) is 11.5 Å². The number of halogens is 1. The van der Waals surface area contributed by atoms with E-state index in [0.717, 1.165) is 44.0 Å². The molecular weight excluding hydrogens is 359 g/mol. The first-order valence-electron chi connectivity index (χ1n) is 9.56. The van der Waals surface area contributed by atoms with Crippen LogP contribution in [0.3, 0.4) is 0 Å². The Kier molecular flexibility index (Phi) is 7.01. The Morgan fingerprint density at radius 1 is 1.04 bits per heavy atom. The van der Waals surface area contributed by atoms with Crippen molar-refractivity contribution in [2.45, 2.75) is 13.5 Å². The van der Waals surface area contributed by atoms with E-state index in [1.54, 1.807) is 32.2 Å². The SMILES string of the molecule is COc1ccc(F)cc1CN1CCN(CCOc2ccccc2C(C)=O)CC1. The summed E-state index contributed by atoms with van der Waals surface area (Å²) in [5.74, 6) is 1.14. The number of nitrogens with zero attached hydrogens (tertiary/aromatic N) is 2. The molecule has 1 aliphatic rings. The molecule has 2 aromatic rings. The van der Waals surface area contributed by atoms with Crippen molar-refractivity contribution >= 4 is 5.78 Å². The van der Waals surface area contributed by atoms with E-state index in [1.165, 1.54) is 6.07 Å². The molecule has 0 aliphatic carbocycles. The van der Waals surface area contributed by atoms with Crippen molar-refractivity contribution in [2.75, 3.05) is 46.4 Å². The smallest absolute Gasteiger partial charge is 0.163 e. The highest BCUT2D eigenvalue weighted by Gasteiger charge is 2.18. The predicted octanol–water partition coefficient (Wildman–Crippen LogP) is 3.23. The standard InChI is InChI=1S/C22H27FN2O3/c1-17(26)20-5-3-4-6-22(20)28-14-13-24-9-11-25(12-10-24)16-18-15-19(23)7-8-21(18)27-2/h3-8,15H,9-14,16H2,1-2H3. The average molecular weight is 386 g/mol. The molecule has 6 heteroatoms. The molecule has 0 N–H and O–H groups in total. The van der Waals surface area contributed by atoms with Crippen molar-refractivity contribution in [2.24, 2.45) is 0 Å². The summed E-state index contributed by atoms with van der Waals surface area (Å²) in [7, 11) is 1.61. The number of carbonyl (C=O) groups is 1. The molecule has 1 fully saturated rings. The Balaban J connectivity index is 1.45.